The second kappa shape index (κ2) is 5.69. The number of hydrogen-bond acceptors (Lipinski definition) is 2. The summed E-state index contributed by atoms with van der Waals surface area (Å²) in [5, 5.41) is 0. The number of ether oxygens (including phenoxy) is 1. The molecule has 0 aliphatic heterocycles. The maximum absolute atomic E-state index is 5.29. The summed E-state index contributed by atoms with van der Waals surface area (Å²) in [5.41, 5.74) is 3.64. The van der Waals surface area contributed by atoms with E-state index in [1.807, 2.05) is 26.2 Å². The Balaban J connectivity index is 2.22. The zero-order valence-corrected chi connectivity index (χ0v) is 11.1. The zero-order chi connectivity index (χ0) is 13.0. The minimum Gasteiger partial charge on any atom is -0.378 e. The predicted molar refractivity (Wildman–Crippen MR) is 77.8 cm³/mol. The van der Waals surface area contributed by atoms with E-state index in [2.05, 4.69) is 47.4 Å². The van der Waals surface area contributed by atoms with Gasteiger partial charge in [-0.15, -0.1) is 0 Å². The van der Waals surface area contributed by atoms with Crippen LogP contribution in [0.3, 0.4) is 0 Å². The molecule has 2 heteroatoms. The van der Waals surface area contributed by atoms with Crippen LogP contribution in [0.2, 0.25) is 0 Å². The highest BCUT2D eigenvalue weighted by Gasteiger charge is 2.03. The van der Waals surface area contributed by atoms with Gasteiger partial charge < -0.3 is 9.64 Å². The van der Waals surface area contributed by atoms with Crippen molar-refractivity contribution in [3.63, 3.8) is 0 Å². The highest BCUT2D eigenvalue weighted by atomic mass is 16.5. The van der Waals surface area contributed by atoms with Gasteiger partial charge in [-0.25, -0.2) is 0 Å². The molecule has 0 spiro atoms. The van der Waals surface area contributed by atoms with Gasteiger partial charge in [0.05, 0.1) is 6.10 Å². The number of methoxy groups -OCH3 is 1. The smallest absolute Gasteiger partial charge is 0.0940 e. The summed E-state index contributed by atoms with van der Waals surface area (Å²) in [5.74, 6) is 0. The van der Waals surface area contributed by atoms with Crippen LogP contribution in [-0.4, -0.2) is 27.3 Å². The van der Waals surface area contributed by atoms with Crippen LogP contribution in [0.25, 0.3) is 5.57 Å². The standard InChI is InChI=1S/C16H19NO/c1-17(2)15-10-7-14(8-11-15)13-5-4-6-16(18-3)12-9-13/h4-12,16H,1-3H3. The molecule has 0 saturated heterocycles. The Kier molecular flexibility index (Phi) is 4.00. The van der Waals surface area contributed by atoms with Crippen molar-refractivity contribution in [2.24, 2.45) is 0 Å². The number of anilines is 1. The lowest BCUT2D eigenvalue weighted by molar-refractivity contribution is 0.178. The first kappa shape index (κ1) is 12.7. The fraction of sp³-hybridized carbons (Fsp3) is 0.250. The minimum absolute atomic E-state index is 0.0693. The molecule has 0 bridgehead atoms. The fourth-order valence-corrected chi connectivity index (χ4v) is 1.89. The molecule has 0 radical (unpaired) electrons. The summed E-state index contributed by atoms with van der Waals surface area (Å²) < 4.78 is 5.29. The molecule has 94 valence electrons. The van der Waals surface area contributed by atoms with Gasteiger partial charge in [0.1, 0.15) is 0 Å². The van der Waals surface area contributed by atoms with E-state index >= 15 is 0 Å². The molecule has 1 aliphatic rings. The van der Waals surface area contributed by atoms with Crippen molar-refractivity contribution in [3.8, 4) is 0 Å². The van der Waals surface area contributed by atoms with Gasteiger partial charge in [-0.1, -0.05) is 42.5 Å². The molecule has 1 aliphatic carbocycles. The van der Waals surface area contributed by atoms with E-state index in [0.717, 1.165) is 0 Å². The Morgan fingerprint density at radius 1 is 1.06 bits per heavy atom. The van der Waals surface area contributed by atoms with Gasteiger partial charge in [0.2, 0.25) is 0 Å². The lowest BCUT2D eigenvalue weighted by Crippen LogP contribution is -2.08. The van der Waals surface area contributed by atoms with Crippen LogP contribution in [0.1, 0.15) is 5.56 Å². The van der Waals surface area contributed by atoms with Crippen LogP contribution in [0.5, 0.6) is 0 Å². The summed E-state index contributed by atoms with van der Waals surface area (Å²) in [6.07, 6.45) is 10.4. The molecule has 0 saturated carbocycles. The lowest BCUT2D eigenvalue weighted by atomic mass is 10.0. The van der Waals surface area contributed by atoms with Crippen molar-refractivity contribution in [1.82, 2.24) is 0 Å². The molecule has 0 aromatic heterocycles. The van der Waals surface area contributed by atoms with Crippen molar-refractivity contribution in [2.45, 2.75) is 6.10 Å². The van der Waals surface area contributed by atoms with Gasteiger partial charge in [-0.2, -0.15) is 0 Å². The zero-order valence-electron chi connectivity index (χ0n) is 11.1. The van der Waals surface area contributed by atoms with Crippen molar-refractivity contribution < 1.29 is 4.74 Å². The van der Waals surface area contributed by atoms with Gasteiger partial charge in [0.15, 0.2) is 0 Å². The van der Waals surface area contributed by atoms with E-state index in [-0.39, 0.29) is 6.10 Å². The number of benzene rings is 1. The van der Waals surface area contributed by atoms with Gasteiger partial charge in [0.25, 0.3) is 0 Å². The Labute approximate surface area is 109 Å². The molecular formula is C16H19NO. The maximum Gasteiger partial charge on any atom is 0.0940 e. The topological polar surface area (TPSA) is 12.5 Å². The molecular weight excluding hydrogens is 222 g/mol. The average Bonchev–Trinajstić information content (AvgIpc) is 2.64. The largest absolute Gasteiger partial charge is 0.378 e. The van der Waals surface area contributed by atoms with Crippen LogP contribution in [0.4, 0.5) is 5.69 Å². The highest BCUT2D eigenvalue weighted by molar-refractivity contribution is 5.76. The van der Waals surface area contributed by atoms with Gasteiger partial charge >= 0.3 is 0 Å². The third-order valence-corrected chi connectivity index (χ3v) is 3.03. The average molecular weight is 241 g/mol. The molecule has 1 unspecified atom stereocenters. The SMILES string of the molecule is COC1C=CC=C(c2ccc(N(C)C)cc2)C=C1. The summed E-state index contributed by atoms with van der Waals surface area (Å²) in [6.45, 7) is 0. The van der Waals surface area contributed by atoms with Crippen molar-refractivity contribution in [2.75, 3.05) is 26.1 Å². The summed E-state index contributed by atoms with van der Waals surface area (Å²) in [6, 6.07) is 8.55. The molecule has 0 heterocycles. The van der Waals surface area contributed by atoms with Crippen molar-refractivity contribution in [3.05, 3.63) is 60.2 Å². The normalized spacial score (nSPS) is 18.4. The van der Waals surface area contributed by atoms with Crippen molar-refractivity contribution >= 4 is 11.3 Å². The van der Waals surface area contributed by atoms with E-state index in [4.69, 9.17) is 4.74 Å². The Bertz CT molecular complexity index is 480. The van der Waals surface area contributed by atoms with E-state index in [1.54, 1.807) is 7.11 Å². The van der Waals surface area contributed by atoms with Gasteiger partial charge in [-0.3, -0.25) is 0 Å². The summed E-state index contributed by atoms with van der Waals surface area (Å²) in [7, 11) is 5.81. The Morgan fingerprint density at radius 3 is 2.39 bits per heavy atom. The quantitative estimate of drug-likeness (QED) is 0.805. The first-order valence-electron chi connectivity index (χ1n) is 6.08. The van der Waals surface area contributed by atoms with Crippen LogP contribution >= 0.6 is 0 Å². The third kappa shape index (κ3) is 2.90. The first-order valence-corrected chi connectivity index (χ1v) is 6.08. The molecule has 1 atom stereocenters. The molecule has 18 heavy (non-hydrogen) atoms. The van der Waals surface area contributed by atoms with Crippen LogP contribution < -0.4 is 4.90 Å². The van der Waals surface area contributed by atoms with E-state index in [9.17, 15) is 0 Å². The molecule has 0 amide bonds. The molecule has 1 aromatic carbocycles. The highest BCUT2D eigenvalue weighted by Crippen LogP contribution is 2.21. The number of allylic oxidation sites excluding steroid dienone is 4. The second-order valence-electron chi connectivity index (χ2n) is 4.51. The van der Waals surface area contributed by atoms with E-state index in [1.165, 1.54) is 16.8 Å². The summed E-state index contributed by atoms with van der Waals surface area (Å²) >= 11 is 0. The van der Waals surface area contributed by atoms with Crippen LogP contribution in [0, 0.1) is 0 Å². The fourth-order valence-electron chi connectivity index (χ4n) is 1.89. The molecule has 2 rings (SSSR count). The molecule has 2 nitrogen and oxygen atoms in total. The second-order valence-corrected chi connectivity index (χ2v) is 4.51. The Morgan fingerprint density at radius 2 is 1.78 bits per heavy atom. The molecule has 0 fully saturated rings. The van der Waals surface area contributed by atoms with Crippen molar-refractivity contribution in [1.29, 1.82) is 0 Å². The first-order chi connectivity index (χ1) is 8.70. The summed E-state index contributed by atoms with van der Waals surface area (Å²) in [4.78, 5) is 2.10. The van der Waals surface area contributed by atoms with Gasteiger partial charge in [0, 0.05) is 26.9 Å². The van der Waals surface area contributed by atoms with Crippen LogP contribution in [0.15, 0.2) is 54.6 Å². The minimum atomic E-state index is 0.0693. The predicted octanol–water partition coefficient (Wildman–Crippen LogP) is 3.28. The van der Waals surface area contributed by atoms with E-state index in [0.29, 0.717) is 0 Å². The number of nitrogens with zero attached hydrogens (tertiary/aromatic N) is 1. The van der Waals surface area contributed by atoms with Gasteiger partial charge in [-0.05, 0) is 23.3 Å². The monoisotopic (exact) mass is 241 g/mol. The lowest BCUT2D eigenvalue weighted by Gasteiger charge is -2.12. The number of hydrogen-bond donors (Lipinski definition) is 0. The number of rotatable bonds is 3. The van der Waals surface area contributed by atoms with Crippen LogP contribution in [-0.2, 0) is 4.74 Å². The third-order valence-electron chi connectivity index (χ3n) is 3.03. The maximum atomic E-state index is 5.29. The molecule has 1 aromatic rings. The Hall–Kier alpha value is -1.80. The molecule has 0 N–H and O–H groups in total. The van der Waals surface area contributed by atoms with E-state index < -0.39 is 0 Å².